The van der Waals surface area contributed by atoms with Crippen molar-refractivity contribution in [3.05, 3.63) is 53.0 Å². The third-order valence-corrected chi connectivity index (χ3v) is 8.63. The molecule has 4 heterocycles. The zero-order chi connectivity index (χ0) is 25.4. The summed E-state index contributed by atoms with van der Waals surface area (Å²) in [6.45, 7) is 6.83. The summed E-state index contributed by atoms with van der Waals surface area (Å²) >= 11 is 0. The Morgan fingerprint density at radius 1 is 0.865 bits per heavy atom. The lowest BCUT2D eigenvalue weighted by molar-refractivity contribution is -0.129. The number of nitrogens with one attached hydrogen (secondary N) is 1. The average molecular weight is 503 g/mol. The van der Waals surface area contributed by atoms with Gasteiger partial charge in [-0.2, -0.15) is 0 Å². The second-order valence-electron chi connectivity index (χ2n) is 11.2. The molecule has 4 aliphatic rings. The Labute approximate surface area is 219 Å². The highest BCUT2D eigenvalue weighted by Crippen LogP contribution is 2.38. The number of aromatic nitrogens is 2. The molecular weight excluding hydrogens is 464 g/mol. The summed E-state index contributed by atoms with van der Waals surface area (Å²) in [6, 6.07) is 11.4. The highest BCUT2D eigenvalue weighted by atomic mass is 16.2. The van der Waals surface area contributed by atoms with Crippen molar-refractivity contribution in [1.29, 1.82) is 0 Å². The fourth-order valence-corrected chi connectivity index (χ4v) is 6.15. The number of benzene rings is 1. The van der Waals surface area contributed by atoms with E-state index in [2.05, 4.69) is 34.5 Å². The molecule has 3 fully saturated rings. The SMILES string of the molecule is CC(=O)N1CCC(Nc2cc(C(=O)N3CCC(N4CCc5ccccc5C4)CC3)nc(C3CC3)n2)CC1. The van der Waals surface area contributed by atoms with Gasteiger partial charge in [0.1, 0.15) is 17.3 Å². The molecule has 0 atom stereocenters. The minimum absolute atomic E-state index is 0.0289. The minimum atomic E-state index is 0.0289. The van der Waals surface area contributed by atoms with E-state index < -0.39 is 0 Å². The molecule has 1 aliphatic carbocycles. The van der Waals surface area contributed by atoms with Gasteiger partial charge in [0.05, 0.1) is 0 Å². The van der Waals surface area contributed by atoms with E-state index in [1.807, 2.05) is 15.9 Å². The van der Waals surface area contributed by atoms with E-state index in [9.17, 15) is 9.59 Å². The zero-order valence-electron chi connectivity index (χ0n) is 21.9. The van der Waals surface area contributed by atoms with Gasteiger partial charge in [-0.15, -0.1) is 0 Å². The third kappa shape index (κ3) is 5.49. The molecule has 37 heavy (non-hydrogen) atoms. The first kappa shape index (κ1) is 24.3. The number of carbonyl (C=O) groups excluding carboxylic acids is 2. The zero-order valence-corrected chi connectivity index (χ0v) is 21.9. The van der Waals surface area contributed by atoms with E-state index in [4.69, 9.17) is 9.97 Å². The van der Waals surface area contributed by atoms with Gasteiger partial charge < -0.3 is 15.1 Å². The van der Waals surface area contributed by atoms with Crippen LogP contribution in [0.5, 0.6) is 0 Å². The second-order valence-corrected chi connectivity index (χ2v) is 11.2. The number of hydrogen-bond acceptors (Lipinski definition) is 6. The van der Waals surface area contributed by atoms with Crippen LogP contribution >= 0.6 is 0 Å². The number of hydrogen-bond donors (Lipinski definition) is 1. The highest BCUT2D eigenvalue weighted by molar-refractivity contribution is 5.93. The van der Waals surface area contributed by atoms with Crippen molar-refractivity contribution >= 4 is 17.6 Å². The highest BCUT2D eigenvalue weighted by Gasteiger charge is 2.32. The summed E-state index contributed by atoms with van der Waals surface area (Å²) in [5, 5.41) is 3.55. The molecule has 1 aromatic heterocycles. The molecule has 2 amide bonds. The molecule has 1 aromatic carbocycles. The molecule has 0 radical (unpaired) electrons. The number of rotatable bonds is 5. The first-order chi connectivity index (χ1) is 18.0. The maximum absolute atomic E-state index is 13.6. The lowest BCUT2D eigenvalue weighted by Crippen LogP contribution is -2.48. The number of likely N-dealkylation sites (tertiary alicyclic amines) is 2. The lowest BCUT2D eigenvalue weighted by atomic mass is 9.95. The van der Waals surface area contributed by atoms with E-state index in [0.717, 1.165) is 95.9 Å². The van der Waals surface area contributed by atoms with Crippen molar-refractivity contribution < 1.29 is 9.59 Å². The van der Waals surface area contributed by atoms with Gasteiger partial charge in [0.15, 0.2) is 0 Å². The van der Waals surface area contributed by atoms with E-state index in [1.54, 1.807) is 6.92 Å². The van der Waals surface area contributed by atoms with Crippen molar-refractivity contribution in [1.82, 2.24) is 24.7 Å². The van der Waals surface area contributed by atoms with Crippen molar-refractivity contribution in [2.75, 3.05) is 38.0 Å². The molecule has 0 spiro atoms. The van der Waals surface area contributed by atoms with Crippen molar-refractivity contribution in [2.24, 2.45) is 0 Å². The maximum Gasteiger partial charge on any atom is 0.272 e. The Morgan fingerprint density at radius 3 is 2.27 bits per heavy atom. The molecule has 196 valence electrons. The fraction of sp³-hybridized carbons (Fsp3) is 0.586. The minimum Gasteiger partial charge on any atom is -0.367 e. The second kappa shape index (κ2) is 10.4. The molecule has 8 nitrogen and oxygen atoms in total. The Hall–Kier alpha value is -3.00. The van der Waals surface area contributed by atoms with Gasteiger partial charge in [0.25, 0.3) is 5.91 Å². The topological polar surface area (TPSA) is 81.7 Å². The molecule has 2 aromatic rings. The van der Waals surface area contributed by atoms with Crippen LogP contribution in [0, 0.1) is 0 Å². The molecule has 8 heteroatoms. The quantitative estimate of drug-likeness (QED) is 0.675. The van der Waals surface area contributed by atoms with Crippen LogP contribution in [0.15, 0.2) is 30.3 Å². The van der Waals surface area contributed by atoms with Crippen LogP contribution in [0.3, 0.4) is 0 Å². The molecular formula is C29H38N6O2. The number of carbonyl (C=O) groups is 2. The standard InChI is InChI=1S/C29H38N6O2/c1-20(36)33-14-9-24(10-15-33)30-27-18-26(31-28(32-27)22-6-7-22)29(37)34-16-11-25(12-17-34)35-13-8-21-4-2-3-5-23(21)19-35/h2-5,18,22,24-25H,6-17,19H2,1H3,(H,30,31,32). The first-order valence-electron chi connectivity index (χ1n) is 14.0. The molecule has 2 saturated heterocycles. The summed E-state index contributed by atoms with van der Waals surface area (Å²) in [5.74, 6) is 2.10. The normalized spacial score (nSPS) is 21.5. The van der Waals surface area contributed by atoms with Crippen LogP contribution in [0.4, 0.5) is 5.82 Å². The van der Waals surface area contributed by atoms with Crippen molar-refractivity contribution in [3.63, 3.8) is 0 Å². The first-order valence-corrected chi connectivity index (χ1v) is 14.0. The van der Waals surface area contributed by atoms with Gasteiger partial charge in [-0.05, 0) is 56.1 Å². The molecule has 0 unspecified atom stereocenters. The van der Waals surface area contributed by atoms with E-state index in [0.29, 0.717) is 17.7 Å². The van der Waals surface area contributed by atoms with Crippen LogP contribution in [0.2, 0.25) is 0 Å². The summed E-state index contributed by atoms with van der Waals surface area (Å²) in [5.41, 5.74) is 3.45. The van der Waals surface area contributed by atoms with E-state index >= 15 is 0 Å². The number of anilines is 1. The van der Waals surface area contributed by atoms with Crippen molar-refractivity contribution in [3.8, 4) is 0 Å². The summed E-state index contributed by atoms with van der Waals surface area (Å²) in [7, 11) is 0. The number of amides is 2. The third-order valence-electron chi connectivity index (χ3n) is 8.63. The summed E-state index contributed by atoms with van der Waals surface area (Å²) < 4.78 is 0. The van der Waals surface area contributed by atoms with Gasteiger partial charge in [0.2, 0.25) is 5.91 Å². The largest absolute Gasteiger partial charge is 0.367 e. The van der Waals surface area contributed by atoms with Crippen LogP contribution in [-0.4, -0.2) is 81.3 Å². The number of piperidine rings is 2. The predicted molar refractivity (Wildman–Crippen MR) is 142 cm³/mol. The molecule has 1 N–H and O–H groups in total. The number of fused-ring (bicyclic) bond motifs is 1. The van der Waals surface area contributed by atoms with Crippen LogP contribution in [-0.2, 0) is 17.8 Å². The molecule has 0 bridgehead atoms. The van der Waals surface area contributed by atoms with Gasteiger partial charge in [0, 0.05) is 70.3 Å². The Balaban J connectivity index is 1.09. The Bertz CT molecular complexity index is 1150. The van der Waals surface area contributed by atoms with Gasteiger partial charge in [-0.25, -0.2) is 9.97 Å². The maximum atomic E-state index is 13.6. The predicted octanol–water partition coefficient (Wildman–Crippen LogP) is 3.44. The van der Waals surface area contributed by atoms with Crippen LogP contribution in [0.1, 0.15) is 78.8 Å². The molecule has 1 saturated carbocycles. The average Bonchev–Trinajstić information content (AvgIpc) is 3.78. The van der Waals surface area contributed by atoms with Gasteiger partial charge >= 0.3 is 0 Å². The number of nitrogens with zero attached hydrogens (tertiary/aromatic N) is 5. The van der Waals surface area contributed by atoms with Crippen molar-refractivity contribution in [2.45, 2.75) is 76.4 Å². The smallest absolute Gasteiger partial charge is 0.272 e. The monoisotopic (exact) mass is 502 g/mol. The van der Waals surface area contributed by atoms with Crippen LogP contribution in [0.25, 0.3) is 0 Å². The Morgan fingerprint density at radius 2 is 1.57 bits per heavy atom. The van der Waals surface area contributed by atoms with Gasteiger partial charge in [-0.3, -0.25) is 14.5 Å². The fourth-order valence-electron chi connectivity index (χ4n) is 6.15. The molecule has 3 aliphatic heterocycles. The van der Waals surface area contributed by atoms with E-state index in [1.165, 1.54) is 11.1 Å². The van der Waals surface area contributed by atoms with Gasteiger partial charge in [-0.1, -0.05) is 24.3 Å². The van der Waals surface area contributed by atoms with E-state index in [-0.39, 0.29) is 17.9 Å². The summed E-state index contributed by atoms with van der Waals surface area (Å²) in [4.78, 5) is 41.2. The lowest BCUT2D eigenvalue weighted by Gasteiger charge is -2.40. The Kier molecular flexibility index (Phi) is 6.84. The summed E-state index contributed by atoms with van der Waals surface area (Å²) in [6.07, 6.45) is 7.10. The van der Waals surface area contributed by atoms with Crippen LogP contribution < -0.4 is 5.32 Å². The molecule has 6 rings (SSSR count).